The highest BCUT2D eigenvalue weighted by Gasteiger charge is 2.30. The summed E-state index contributed by atoms with van der Waals surface area (Å²) in [5, 5.41) is 3.01. The number of hydrogen-bond donors (Lipinski definition) is 1. The highest BCUT2D eigenvalue weighted by atomic mass is 16.2. The van der Waals surface area contributed by atoms with Crippen LogP contribution < -0.4 is 5.32 Å². The van der Waals surface area contributed by atoms with E-state index in [4.69, 9.17) is 0 Å². The number of carbonyl (C=O) groups excluding carboxylic acids is 2. The molecule has 1 saturated carbocycles. The number of likely N-dealkylation sites (tertiary alicyclic amines) is 1. The highest BCUT2D eigenvalue weighted by molar-refractivity contribution is 5.99. The molecule has 2 heterocycles. The van der Waals surface area contributed by atoms with Crippen molar-refractivity contribution in [3.63, 3.8) is 0 Å². The minimum Gasteiger partial charge on any atom is -0.337 e. The Labute approximate surface area is 165 Å². The Balaban J connectivity index is 1.47. The summed E-state index contributed by atoms with van der Waals surface area (Å²) in [4.78, 5) is 31.5. The fourth-order valence-corrected chi connectivity index (χ4v) is 3.92. The number of rotatable bonds is 6. The average Bonchev–Trinajstić information content (AvgIpc) is 3.44. The molecule has 1 aromatic carbocycles. The zero-order valence-electron chi connectivity index (χ0n) is 16.4. The minimum absolute atomic E-state index is 0.0669. The lowest BCUT2D eigenvalue weighted by Gasteiger charge is -2.36. The van der Waals surface area contributed by atoms with E-state index in [2.05, 4.69) is 14.9 Å². The topological polar surface area (TPSA) is 67.2 Å². The van der Waals surface area contributed by atoms with Crippen molar-refractivity contribution in [1.82, 2.24) is 14.5 Å². The Hall–Kier alpha value is -2.63. The standard InChI is InChI=1S/C22H28N4O2/c1-16-5-6-18(14-20(16)24-21(27)17-7-8-17)22(28)26-11-3-2-4-19(26)9-12-25-13-10-23-15-25/h5-6,10,13-15,17,19H,2-4,7-9,11-12H2,1H3,(H,24,27)/t19-/m1/s1. The molecule has 2 amide bonds. The van der Waals surface area contributed by atoms with Crippen LogP contribution in [0.15, 0.2) is 36.9 Å². The van der Waals surface area contributed by atoms with Crippen molar-refractivity contribution in [2.45, 2.75) is 58.0 Å². The normalized spacial score (nSPS) is 19.5. The van der Waals surface area contributed by atoms with Crippen LogP contribution >= 0.6 is 0 Å². The van der Waals surface area contributed by atoms with Gasteiger partial charge in [0.1, 0.15) is 0 Å². The van der Waals surface area contributed by atoms with Gasteiger partial charge in [-0.25, -0.2) is 4.98 Å². The molecule has 4 rings (SSSR count). The Morgan fingerprint density at radius 1 is 1.21 bits per heavy atom. The Morgan fingerprint density at radius 2 is 2.07 bits per heavy atom. The molecular formula is C22H28N4O2. The quantitative estimate of drug-likeness (QED) is 0.832. The zero-order chi connectivity index (χ0) is 19.5. The fraction of sp³-hybridized carbons (Fsp3) is 0.500. The molecule has 1 N–H and O–H groups in total. The number of hydrogen-bond acceptors (Lipinski definition) is 3. The molecule has 1 saturated heterocycles. The van der Waals surface area contributed by atoms with Crippen LogP contribution in [0.3, 0.4) is 0 Å². The van der Waals surface area contributed by atoms with Crippen LogP contribution in [0, 0.1) is 12.8 Å². The summed E-state index contributed by atoms with van der Waals surface area (Å²) < 4.78 is 2.06. The van der Waals surface area contributed by atoms with Gasteiger partial charge in [0.15, 0.2) is 0 Å². The molecule has 2 aromatic rings. The lowest BCUT2D eigenvalue weighted by atomic mass is 9.97. The van der Waals surface area contributed by atoms with Gasteiger partial charge in [-0.1, -0.05) is 6.07 Å². The summed E-state index contributed by atoms with van der Waals surface area (Å²) in [5.41, 5.74) is 2.40. The summed E-state index contributed by atoms with van der Waals surface area (Å²) in [6, 6.07) is 5.90. The summed E-state index contributed by atoms with van der Waals surface area (Å²) >= 11 is 0. The van der Waals surface area contributed by atoms with Gasteiger partial charge >= 0.3 is 0 Å². The van der Waals surface area contributed by atoms with Gasteiger partial charge < -0.3 is 14.8 Å². The molecule has 1 atom stereocenters. The second-order valence-electron chi connectivity index (χ2n) is 8.03. The van der Waals surface area contributed by atoms with E-state index in [9.17, 15) is 9.59 Å². The van der Waals surface area contributed by atoms with E-state index < -0.39 is 0 Å². The molecule has 0 bridgehead atoms. The molecule has 28 heavy (non-hydrogen) atoms. The number of amides is 2. The first-order chi connectivity index (χ1) is 13.6. The molecule has 2 aliphatic rings. The van der Waals surface area contributed by atoms with Crippen LogP contribution in [0.1, 0.15) is 54.4 Å². The van der Waals surface area contributed by atoms with Crippen molar-refractivity contribution < 1.29 is 9.59 Å². The van der Waals surface area contributed by atoms with Crippen LogP contribution in [0.4, 0.5) is 5.69 Å². The van der Waals surface area contributed by atoms with Crippen molar-refractivity contribution >= 4 is 17.5 Å². The van der Waals surface area contributed by atoms with E-state index in [1.54, 1.807) is 6.20 Å². The average molecular weight is 380 g/mol. The molecule has 0 unspecified atom stereocenters. The molecule has 1 aliphatic carbocycles. The third-order valence-electron chi connectivity index (χ3n) is 5.86. The largest absolute Gasteiger partial charge is 0.337 e. The molecule has 0 spiro atoms. The first kappa shape index (κ1) is 18.7. The SMILES string of the molecule is Cc1ccc(C(=O)N2CCCC[C@@H]2CCn2ccnc2)cc1NC(=O)C1CC1. The highest BCUT2D eigenvalue weighted by Crippen LogP contribution is 2.31. The maximum absolute atomic E-state index is 13.3. The Bertz CT molecular complexity index is 842. The Morgan fingerprint density at radius 3 is 2.82 bits per heavy atom. The number of anilines is 1. The number of aromatic nitrogens is 2. The van der Waals surface area contributed by atoms with Crippen LogP contribution in [0.25, 0.3) is 0 Å². The van der Waals surface area contributed by atoms with Gasteiger partial charge in [0.2, 0.25) is 5.91 Å². The van der Waals surface area contributed by atoms with Crippen molar-refractivity contribution in [2.24, 2.45) is 5.92 Å². The summed E-state index contributed by atoms with van der Waals surface area (Å²) in [5.74, 6) is 0.287. The molecule has 6 heteroatoms. The number of aryl methyl sites for hydroxylation is 2. The smallest absolute Gasteiger partial charge is 0.254 e. The van der Waals surface area contributed by atoms with Crippen LogP contribution in [0.5, 0.6) is 0 Å². The van der Waals surface area contributed by atoms with Gasteiger partial charge in [0, 0.05) is 48.7 Å². The zero-order valence-corrected chi connectivity index (χ0v) is 16.4. The monoisotopic (exact) mass is 380 g/mol. The maximum atomic E-state index is 13.3. The number of carbonyl (C=O) groups is 2. The van der Waals surface area contributed by atoms with Crippen LogP contribution in [-0.2, 0) is 11.3 Å². The fourth-order valence-electron chi connectivity index (χ4n) is 3.92. The van der Waals surface area contributed by atoms with E-state index in [1.807, 2.05) is 42.5 Å². The first-order valence-corrected chi connectivity index (χ1v) is 10.3. The molecule has 0 radical (unpaired) electrons. The molecule has 1 aromatic heterocycles. The van der Waals surface area contributed by atoms with Gasteiger partial charge in [-0.05, 0) is 63.1 Å². The van der Waals surface area contributed by atoms with Crippen LogP contribution in [-0.4, -0.2) is 38.9 Å². The van der Waals surface area contributed by atoms with E-state index >= 15 is 0 Å². The predicted molar refractivity (Wildman–Crippen MR) is 108 cm³/mol. The first-order valence-electron chi connectivity index (χ1n) is 10.3. The van der Waals surface area contributed by atoms with Crippen molar-refractivity contribution in [1.29, 1.82) is 0 Å². The number of imidazole rings is 1. The van der Waals surface area contributed by atoms with Crippen molar-refractivity contribution in [3.8, 4) is 0 Å². The number of nitrogens with zero attached hydrogens (tertiary/aromatic N) is 3. The van der Waals surface area contributed by atoms with Crippen molar-refractivity contribution in [2.75, 3.05) is 11.9 Å². The van der Waals surface area contributed by atoms with Gasteiger partial charge in [0.05, 0.1) is 6.33 Å². The predicted octanol–water partition coefficient (Wildman–Crippen LogP) is 3.63. The summed E-state index contributed by atoms with van der Waals surface area (Å²) in [6.45, 7) is 3.63. The second-order valence-corrected chi connectivity index (χ2v) is 8.03. The summed E-state index contributed by atoms with van der Waals surface area (Å²) in [6.07, 6.45) is 11.7. The molecule has 2 fully saturated rings. The van der Waals surface area contributed by atoms with E-state index in [1.165, 1.54) is 0 Å². The third kappa shape index (κ3) is 4.26. The van der Waals surface area contributed by atoms with E-state index in [0.29, 0.717) is 5.56 Å². The lowest BCUT2D eigenvalue weighted by Crippen LogP contribution is -2.44. The maximum Gasteiger partial charge on any atom is 0.254 e. The van der Waals surface area contributed by atoms with Gasteiger partial charge in [-0.2, -0.15) is 0 Å². The van der Waals surface area contributed by atoms with Gasteiger partial charge in [-0.3, -0.25) is 9.59 Å². The third-order valence-corrected chi connectivity index (χ3v) is 5.86. The Kier molecular flexibility index (Phi) is 5.46. The minimum atomic E-state index is 0.0669. The molecule has 1 aliphatic heterocycles. The number of benzene rings is 1. The van der Waals surface area contributed by atoms with E-state index in [0.717, 1.165) is 62.9 Å². The molecule has 148 valence electrons. The van der Waals surface area contributed by atoms with Gasteiger partial charge in [-0.15, -0.1) is 0 Å². The van der Waals surface area contributed by atoms with Gasteiger partial charge in [0.25, 0.3) is 5.91 Å². The molecule has 6 nitrogen and oxygen atoms in total. The van der Waals surface area contributed by atoms with E-state index in [-0.39, 0.29) is 23.8 Å². The van der Waals surface area contributed by atoms with Crippen LogP contribution in [0.2, 0.25) is 0 Å². The second kappa shape index (κ2) is 8.17. The number of piperidine rings is 1. The molecular weight excluding hydrogens is 352 g/mol. The summed E-state index contributed by atoms with van der Waals surface area (Å²) in [7, 11) is 0. The lowest BCUT2D eigenvalue weighted by molar-refractivity contribution is -0.117. The van der Waals surface area contributed by atoms with Crippen molar-refractivity contribution in [3.05, 3.63) is 48.0 Å². The number of nitrogens with one attached hydrogen (secondary N) is 1.